The summed E-state index contributed by atoms with van der Waals surface area (Å²) in [7, 11) is 0. The lowest BCUT2D eigenvalue weighted by Gasteiger charge is -2.24. The molecule has 1 fully saturated rings. The molecule has 160 valence electrons. The first kappa shape index (κ1) is 24.8. The van der Waals surface area contributed by atoms with E-state index in [4.69, 9.17) is 4.74 Å². The molecule has 1 aromatic carbocycles. The number of likely N-dealkylation sites (N-methyl/N-ethyl adjacent to an activating group) is 1. The second kappa shape index (κ2) is 12.4. The summed E-state index contributed by atoms with van der Waals surface area (Å²) in [6, 6.07) is 7.07. The molecule has 5 nitrogen and oxygen atoms in total. The smallest absolute Gasteiger partial charge is 0.422 e. The van der Waals surface area contributed by atoms with Gasteiger partial charge >= 0.3 is 6.18 Å². The van der Waals surface area contributed by atoms with E-state index in [-0.39, 0.29) is 29.7 Å². The van der Waals surface area contributed by atoms with E-state index >= 15 is 0 Å². The number of likely N-dealkylation sites (tertiary alicyclic amines) is 1. The van der Waals surface area contributed by atoms with Gasteiger partial charge in [0.25, 0.3) is 0 Å². The maximum absolute atomic E-state index is 12.2. The molecule has 0 bridgehead atoms. The van der Waals surface area contributed by atoms with Crippen molar-refractivity contribution in [2.24, 2.45) is 4.99 Å². The van der Waals surface area contributed by atoms with E-state index in [1.807, 2.05) is 6.92 Å². The lowest BCUT2D eigenvalue weighted by atomic mass is 10.2. The molecular weight excluding hydrogens is 484 g/mol. The third-order valence-corrected chi connectivity index (χ3v) is 4.50. The number of halogens is 4. The summed E-state index contributed by atoms with van der Waals surface area (Å²) < 4.78 is 41.2. The van der Waals surface area contributed by atoms with E-state index in [0.29, 0.717) is 12.6 Å². The van der Waals surface area contributed by atoms with Crippen LogP contribution < -0.4 is 15.4 Å². The van der Waals surface area contributed by atoms with Crippen LogP contribution in [-0.4, -0.2) is 55.9 Å². The van der Waals surface area contributed by atoms with Crippen LogP contribution in [0.1, 0.15) is 32.3 Å². The SMILES string of the molecule is CCNC(=NCc1ccc(OCC(F)(F)F)cc1)NCC1CCCN1CC.I. The maximum Gasteiger partial charge on any atom is 0.422 e. The maximum atomic E-state index is 12.2. The van der Waals surface area contributed by atoms with Gasteiger partial charge in [0.15, 0.2) is 12.6 Å². The van der Waals surface area contributed by atoms with Crippen LogP contribution in [0.3, 0.4) is 0 Å². The Kier molecular flexibility index (Phi) is 10.9. The third-order valence-electron chi connectivity index (χ3n) is 4.50. The van der Waals surface area contributed by atoms with Crippen LogP contribution >= 0.6 is 24.0 Å². The molecule has 1 aromatic rings. The van der Waals surface area contributed by atoms with Crippen LogP contribution in [0, 0.1) is 0 Å². The zero-order valence-corrected chi connectivity index (χ0v) is 18.7. The largest absolute Gasteiger partial charge is 0.484 e. The molecule has 0 amide bonds. The minimum absolute atomic E-state index is 0. The topological polar surface area (TPSA) is 48.9 Å². The van der Waals surface area contributed by atoms with Crippen LogP contribution in [0.5, 0.6) is 5.75 Å². The van der Waals surface area contributed by atoms with Gasteiger partial charge in [-0.1, -0.05) is 19.1 Å². The molecule has 0 radical (unpaired) electrons. The minimum Gasteiger partial charge on any atom is -0.484 e. The predicted molar refractivity (Wildman–Crippen MR) is 116 cm³/mol. The Morgan fingerprint density at radius 3 is 2.54 bits per heavy atom. The molecule has 2 N–H and O–H groups in total. The van der Waals surface area contributed by atoms with Crippen molar-refractivity contribution < 1.29 is 17.9 Å². The lowest BCUT2D eigenvalue weighted by molar-refractivity contribution is -0.153. The van der Waals surface area contributed by atoms with E-state index in [9.17, 15) is 13.2 Å². The fourth-order valence-corrected chi connectivity index (χ4v) is 3.13. The van der Waals surface area contributed by atoms with Gasteiger partial charge in [-0.05, 0) is 50.6 Å². The fourth-order valence-electron chi connectivity index (χ4n) is 3.13. The van der Waals surface area contributed by atoms with Gasteiger partial charge in [0.2, 0.25) is 0 Å². The Labute approximate surface area is 182 Å². The highest BCUT2D eigenvalue weighted by molar-refractivity contribution is 14.0. The van der Waals surface area contributed by atoms with Gasteiger partial charge in [-0.25, -0.2) is 4.99 Å². The molecule has 0 aromatic heterocycles. The number of alkyl halides is 3. The van der Waals surface area contributed by atoms with E-state index in [1.165, 1.54) is 25.0 Å². The molecular formula is C19H30F3IN4O. The van der Waals surface area contributed by atoms with Crippen LogP contribution in [0.4, 0.5) is 13.2 Å². The number of aliphatic imine (C=N–C) groups is 1. The molecule has 1 atom stereocenters. The van der Waals surface area contributed by atoms with Crippen molar-refractivity contribution in [2.75, 3.05) is 32.8 Å². The molecule has 0 spiro atoms. The van der Waals surface area contributed by atoms with Gasteiger partial charge in [-0.3, -0.25) is 4.90 Å². The van der Waals surface area contributed by atoms with Gasteiger partial charge < -0.3 is 15.4 Å². The average Bonchev–Trinajstić information content (AvgIpc) is 3.10. The molecule has 0 saturated carbocycles. The summed E-state index contributed by atoms with van der Waals surface area (Å²) in [4.78, 5) is 7.03. The molecule has 1 saturated heterocycles. The molecule has 28 heavy (non-hydrogen) atoms. The number of nitrogens with zero attached hydrogens (tertiary/aromatic N) is 2. The average molecular weight is 514 g/mol. The van der Waals surface area contributed by atoms with Crippen LogP contribution in [0.25, 0.3) is 0 Å². The van der Waals surface area contributed by atoms with Crippen molar-refractivity contribution in [3.8, 4) is 5.75 Å². The zero-order chi connectivity index (χ0) is 19.7. The van der Waals surface area contributed by atoms with Crippen molar-refractivity contribution in [2.45, 2.75) is 45.5 Å². The van der Waals surface area contributed by atoms with E-state index in [1.54, 1.807) is 12.1 Å². The second-order valence-corrected chi connectivity index (χ2v) is 6.55. The highest BCUT2D eigenvalue weighted by atomic mass is 127. The highest BCUT2D eigenvalue weighted by Crippen LogP contribution is 2.19. The second-order valence-electron chi connectivity index (χ2n) is 6.55. The van der Waals surface area contributed by atoms with Gasteiger partial charge in [0, 0.05) is 19.1 Å². The summed E-state index contributed by atoms with van der Waals surface area (Å²) in [6.07, 6.45) is -1.90. The Balaban J connectivity index is 0.00000392. The molecule has 0 aliphatic carbocycles. The first-order valence-corrected chi connectivity index (χ1v) is 9.46. The van der Waals surface area contributed by atoms with Crippen molar-refractivity contribution in [1.29, 1.82) is 0 Å². The number of guanidine groups is 1. The van der Waals surface area contributed by atoms with Crippen molar-refractivity contribution in [3.63, 3.8) is 0 Å². The minimum atomic E-state index is -4.33. The summed E-state index contributed by atoms with van der Waals surface area (Å²) in [5.74, 6) is 0.948. The summed E-state index contributed by atoms with van der Waals surface area (Å²) in [6.45, 7) is 7.17. The van der Waals surface area contributed by atoms with Crippen molar-refractivity contribution in [1.82, 2.24) is 15.5 Å². The molecule has 2 rings (SSSR count). The first-order valence-electron chi connectivity index (χ1n) is 9.46. The normalized spacial score (nSPS) is 17.9. The van der Waals surface area contributed by atoms with E-state index in [2.05, 4.69) is 27.4 Å². The third kappa shape index (κ3) is 8.85. The predicted octanol–water partition coefficient (Wildman–Crippen LogP) is 3.79. The number of hydrogen-bond acceptors (Lipinski definition) is 3. The molecule has 1 heterocycles. The Morgan fingerprint density at radius 2 is 1.93 bits per heavy atom. The summed E-state index contributed by atoms with van der Waals surface area (Å²) in [5.41, 5.74) is 0.905. The number of hydrogen-bond donors (Lipinski definition) is 2. The summed E-state index contributed by atoms with van der Waals surface area (Å²) in [5, 5.41) is 6.62. The number of nitrogens with one attached hydrogen (secondary N) is 2. The number of rotatable bonds is 8. The van der Waals surface area contributed by atoms with Crippen LogP contribution in [-0.2, 0) is 6.54 Å². The molecule has 9 heteroatoms. The van der Waals surface area contributed by atoms with Crippen LogP contribution in [0.2, 0.25) is 0 Å². The standard InChI is InChI=1S/C19H29F3N4O.HI/c1-3-23-18(25-13-16-6-5-11-26(16)4-2)24-12-15-7-9-17(10-8-15)27-14-19(20,21)22;/h7-10,16H,3-6,11-14H2,1-2H3,(H2,23,24,25);1H. The highest BCUT2D eigenvalue weighted by Gasteiger charge is 2.28. The van der Waals surface area contributed by atoms with Crippen molar-refractivity contribution >= 4 is 29.9 Å². The Bertz CT molecular complexity index is 596. The monoisotopic (exact) mass is 514 g/mol. The van der Waals surface area contributed by atoms with Crippen molar-refractivity contribution in [3.05, 3.63) is 29.8 Å². The number of benzene rings is 1. The molecule has 1 aliphatic rings. The first-order chi connectivity index (χ1) is 12.9. The molecule has 1 aliphatic heterocycles. The van der Waals surface area contributed by atoms with Gasteiger partial charge in [-0.15, -0.1) is 24.0 Å². The Morgan fingerprint density at radius 1 is 1.21 bits per heavy atom. The van der Waals surface area contributed by atoms with E-state index in [0.717, 1.165) is 37.7 Å². The zero-order valence-electron chi connectivity index (χ0n) is 16.4. The summed E-state index contributed by atoms with van der Waals surface area (Å²) >= 11 is 0. The van der Waals surface area contributed by atoms with E-state index < -0.39 is 12.8 Å². The van der Waals surface area contributed by atoms with Gasteiger partial charge in [-0.2, -0.15) is 13.2 Å². The van der Waals surface area contributed by atoms with Crippen LogP contribution in [0.15, 0.2) is 29.3 Å². The lowest BCUT2D eigenvalue weighted by Crippen LogP contribution is -2.44. The van der Waals surface area contributed by atoms with Gasteiger partial charge in [0.05, 0.1) is 6.54 Å². The quantitative estimate of drug-likeness (QED) is 0.315. The fraction of sp³-hybridized carbons (Fsp3) is 0.632. The Hall–Kier alpha value is -1.23. The number of ether oxygens (including phenoxy) is 1. The van der Waals surface area contributed by atoms with Gasteiger partial charge in [0.1, 0.15) is 5.75 Å². The molecule has 1 unspecified atom stereocenters.